The fraction of sp³-hybridized carbons (Fsp3) is 0.333. The third-order valence-corrected chi connectivity index (χ3v) is 3.34. The van der Waals surface area contributed by atoms with Crippen molar-refractivity contribution in [3.05, 3.63) is 42.0 Å². The fourth-order valence-corrected chi connectivity index (χ4v) is 1.98. The Morgan fingerprint density at radius 2 is 1.90 bits per heavy atom. The number of methoxy groups -OCH3 is 1. The Morgan fingerprint density at radius 1 is 1.14 bits per heavy atom. The Labute approximate surface area is 131 Å². The van der Waals surface area contributed by atoms with Gasteiger partial charge in [0.1, 0.15) is 12.4 Å². The maximum absolute atomic E-state index is 5.71. The molecular weight excluding hydrogens is 284 g/mol. The van der Waals surface area contributed by atoms with E-state index in [9.17, 15) is 0 Å². The number of hydrogen-bond acceptors (Lipinski definition) is 2. The predicted molar refractivity (Wildman–Crippen MR) is 88.1 cm³/mol. The standard InChI is InChI=1S/C18H19ClO2/c1-14(20-2)13-21-18-9-8-16-11-15(5-3-4-10-19)6-7-17(16)12-18/h6-9,11-12,14H,4,10,13H2,1-2H3. The molecule has 3 heteroatoms. The maximum atomic E-state index is 5.71. The van der Waals surface area contributed by atoms with Crippen molar-refractivity contribution in [2.24, 2.45) is 0 Å². The van der Waals surface area contributed by atoms with Gasteiger partial charge in [-0.25, -0.2) is 0 Å². The summed E-state index contributed by atoms with van der Waals surface area (Å²) in [6.07, 6.45) is 0.796. The van der Waals surface area contributed by atoms with Crippen LogP contribution in [0.2, 0.25) is 0 Å². The van der Waals surface area contributed by atoms with Gasteiger partial charge in [0.25, 0.3) is 0 Å². The van der Waals surface area contributed by atoms with Crippen molar-refractivity contribution in [1.29, 1.82) is 0 Å². The van der Waals surface area contributed by atoms with Crippen LogP contribution in [0.4, 0.5) is 0 Å². The number of rotatable bonds is 5. The van der Waals surface area contributed by atoms with Crippen molar-refractivity contribution >= 4 is 22.4 Å². The topological polar surface area (TPSA) is 18.5 Å². The molecule has 0 bridgehead atoms. The van der Waals surface area contributed by atoms with Gasteiger partial charge in [0.15, 0.2) is 0 Å². The van der Waals surface area contributed by atoms with Crippen molar-refractivity contribution in [3.63, 3.8) is 0 Å². The second-order valence-corrected chi connectivity index (χ2v) is 5.20. The Hall–Kier alpha value is -1.69. The molecule has 2 aromatic rings. The van der Waals surface area contributed by atoms with E-state index in [4.69, 9.17) is 21.1 Å². The third kappa shape index (κ3) is 4.67. The minimum atomic E-state index is 0.0836. The van der Waals surface area contributed by atoms with Gasteiger partial charge in [-0.05, 0) is 42.0 Å². The van der Waals surface area contributed by atoms with E-state index in [1.54, 1.807) is 7.11 Å². The second-order valence-electron chi connectivity index (χ2n) is 4.82. The summed E-state index contributed by atoms with van der Waals surface area (Å²) in [5, 5.41) is 2.29. The number of benzene rings is 2. The smallest absolute Gasteiger partial charge is 0.120 e. The minimum Gasteiger partial charge on any atom is -0.491 e. The molecule has 0 saturated carbocycles. The van der Waals surface area contributed by atoms with Crippen LogP contribution in [0.3, 0.4) is 0 Å². The zero-order valence-corrected chi connectivity index (χ0v) is 13.1. The molecular formula is C18H19ClO2. The highest BCUT2D eigenvalue weighted by Gasteiger charge is 2.02. The van der Waals surface area contributed by atoms with E-state index in [2.05, 4.69) is 30.0 Å². The van der Waals surface area contributed by atoms with Gasteiger partial charge in [-0.1, -0.05) is 24.0 Å². The average molecular weight is 303 g/mol. The number of ether oxygens (including phenoxy) is 2. The Bertz CT molecular complexity index is 655. The van der Waals surface area contributed by atoms with Crippen molar-refractivity contribution in [1.82, 2.24) is 0 Å². The molecule has 110 valence electrons. The van der Waals surface area contributed by atoms with Crippen molar-refractivity contribution in [3.8, 4) is 17.6 Å². The van der Waals surface area contributed by atoms with Gasteiger partial charge in [0.05, 0.1) is 6.10 Å². The van der Waals surface area contributed by atoms with E-state index < -0.39 is 0 Å². The summed E-state index contributed by atoms with van der Waals surface area (Å²) in [6, 6.07) is 12.2. The largest absolute Gasteiger partial charge is 0.491 e. The zero-order valence-electron chi connectivity index (χ0n) is 12.4. The first kappa shape index (κ1) is 15.7. The highest BCUT2D eigenvalue weighted by Crippen LogP contribution is 2.22. The molecule has 0 spiro atoms. The van der Waals surface area contributed by atoms with Crippen molar-refractivity contribution in [2.45, 2.75) is 19.4 Å². The van der Waals surface area contributed by atoms with Crippen LogP contribution in [0.1, 0.15) is 18.9 Å². The number of hydrogen-bond donors (Lipinski definition) is 0. The highest BCUT2D eigenvalue weighted by atomic mass is 35.5. The normalized spacial score (nSPS) is 11.8. The lowest BCUT2D eigenvalue weighted by Gasteiger charge is -2.12. The lowest BCUT2D eigenvalue weighted by molar-refractivity contribution is 0.0717. The number of halogens is 1. The first-order valence-corrected chi connectivity index (χ1v) is 7.50. The summed E-state index contributed by atoms with van der Waals surface area (Å²) < 4.78 is 10.9. The van der Waals surface area contributed by atoms with Gasteiger partial charge in [-0.2, -0.15) is 0 Å². The molecule has 2 nitrogen and oxygen atoms in total. The molecule has 0 aliphatic carbocycles. The second kappa shape index (κ2) is 7.93. The van der Waals surface area contributed by atoms with E-state index in [0.29, 0.717) is 18.9 Å². The van der Waals surface area contributed by atoms with Gasteiger partial charge in [-0.15, -0.1) is 11.6 Å². The van der Waals surface area contributed by atoms with E-state index in [-0.39, 0.29) is 6.10 Å². The molecule has 0 radical (unpaired) electrons. The molecule has 0 N–H and O–H groups in total. The molecule has 1 unspecified atom stereocenters. The SMILES string of the molecule is COC(C)COc1ccc2cc(C#CCCCl)ccc2c1. The number of fused-ring (bicyclic) bond motifs is 1. The average Bonchev–Trinajstić information content (AvgIpc) is 2.52. The minimum absolute atomic E-state index is 0.0836. The van der Waals surface area contributed by atoms with Crippen LogP contribution >= 0.6 is 11.6 Å². The first-order chi connectivity index (χ1) is 10.2. The van der Waals surface area contributed by atoms with Crippen molar-refractivity contribution in [2.75, 3.05) is 19.6 Å². The van der Waals surface area contributed by atoms with Gasteiger partial charge in [0.2, 0.25) is 0 Å². The van der Waals surface area contributed by atoms with Crippen LogP contribution in [0.5, 0.6) is 5.75 Å². The van der Waals surface area contributed by atoms with Crippen LogP contribution in [0.25, 0.3) is 10.8 Å². The quantitative estimate of drug-likeness (QED) is 0.608. The van der Waals surface area contributed by atoms with E-state index >= 15 is 0 Å². The molecule has 2 rings (SSSR count). The van der Waals surface area contributed by atoms with Gasteiger partial charge in [0, 0.05) is 25.0 Å². The van der Waals surface area contributed by atoms with Crippen molar-refractivity contribution < 1.29 is 9.47 Å². The van der Waals surface area contributed by atoms with Crippen LogP contribution < -0.4 is 4.74 Å². The van der Waals surface area contributed by atoms with E-state index in [0.717, 1.165) is 22.1 Å². The molecule has 0 fully saturated rings. The predicted octanol–water partition coefficient (Wildman–Crippen LogP) is 4.23. The summed E-state index contributed by atoms with van der Waals surface area (Å²) in [6.45, 7) is 2.52. The molecule has 0 saturated heterocycles. The first-order valence-electron chi connectivity index (χ1n) is 6.97. The molecule has 2 aromatic carbocycles. The van der Waals surface area contributed by atoms with Gasteiger partial charge in [-0.3, -0.25) is 0 Å². The molecule has 0 aliphatic rings. The van der Waals surface area contributed by atoms with E-state index in [1.807, 2.05) is 25.1 Å². The molecule has 0 aromatic heterocycles. The van der Waals surface area contributed by atoms with Crippen LogP contribution in [0.15, 0.2) is 36.4 Å². The van der Waals surface area contributed by atoms with Crippen LogP contribution in [-0.2, 0) is 4.74 Å². The summed E-state index contributed by atoms with van der Waals surface area (Å²) in [7, 11) is 1.68. The summed E-state index contributed by atoms with van der Waals surface area (Å²) in [5.41, 5.74) is 1.01. The Morgan fingerprint density at radius 3 is 2.67 bits per heavy atom. The fourth-order valence-electron chi connectivity index (χ4n) is 1.88. The summed E-state index contributed by atoms with van der Waals surface area (Å²) in [5.74, 6) is 7.59. The van der Waals surface area contributed by atoms with E-state index in [1.165, 1.54) is 0 Å². The van der Waals surface area contributed by atoms with Crippen LogP contribution in [0, 0.1) is 11.8 Å². The maximum Gasteiger partial charge on any atom is 0.120 e. The molecule has 21 heavy (non-hydrogen) atoms. The molecule has 0 heterocycles. The number of alkyl halides is 1. The molecule has 1 atom stereocenters. The summed E-state index contributed by atoms with van der Waals surface area (Å²) in [4.78, 5) is 0. The Kier molecular flexibility index (Phi) is 5.92. The Balaban J connectivity index is 2.14. The van der Waals surface area contributed by atoms with Crippen LogP contribution in [-0.4, -0.2) is 25.7 Å². The monoisotopic (exact) mass is 302 g/mol. The van der Waals surface area contributed by atoms with Gasteiger partial charge < -0.3 is 9.47 Å². The molecule has 0 aliphatic heterocycles. The lowest BCUT2D eigenvalue weighted by Crippen LogP contribution is -2.15. The third-order valence-electron chi connectivity index (χ3n) is 3.15. The molecule has 0 amide bonds. The zero-order chi connectivity index (χ0) is 15.1. The van der Waals surface area contributed by atoms with Gasteiger partial charge >= 0.3 is 0 Å². The highest BCUT2D eigenvalue weighted by molar-refractivity contribution is 6.18. The summed E-state index contributed by atoms with van der Waals surface area (Å²) >= 11 is 5.62. The lowest BCUT2D eigenvalue weighted by atomic mass is 10.1.